The molecule has 25 heavy (non-hydrogen) atoms. The SMILES string of the molecule is COC(=O)COc1ccc(NCC(=O)NC(C2CC2)C2CC2)c(C)c1. The lowest BCUT2D eigenvalue weighted by Gasteiger charge is -2.18. The molecule has 1 aromatic carbocycles. The number of anilines is 1. The summed E-state index contributed by atoms with van der Waals surface area (Å²) in [6.45, 7) is 2.08. The fraction of sp³-hybridized carbons (Fsp3) is 0.579. The summed E-state index contributed by atoms with van der Waals surface area (Å²) in [7, 11) is 1.33. The summed E-state index contributed by atoms with van der Waals surface area (Å²) in [5.41, 5.74) is 1.84. The molecular weight excluding hydrogens is 320 g/mol. The summed E-state index contributed by atoms with van der Waals surface area (Å²) in [4.78, 5) is 23.3. The van der Waals surface area contributed by atoms with Gasteiger partial charge in [-0.1, -0.05) is 0 Å². The summed E-state index contributed by atoms with van der Waals surface area (Å²) in [6.07, 6.45) is 5.00. The van der Waals surface area contributed by atoms with Crippen molar-refractivity contribution < 1.29 is 19.1 Å². The predicted octanol–water partition coefficient (Wildman–Crippen LogP) is 2.26. The minimum absolute atomic E-state index is 0.0502. The van der Waals surface area contributed by atoms with Gasteiger partial charge in [-0.25, -0.2) is 4.79 Å². The van der Waals surface area contributed by atoms with Gasteiger partial charge in [-0.2, -0.15) is 0 Å². The molecule has 0 radical (unpaired) electrons. The molecule has 0 aliphatic heterocycles. The van der Waals surface area contributed by atoms with Gasteiger partial charge in [-0.3, -0.25) is 4.79 Å². The third-order valence-electron chi connectivity index (χ3n) is 4.81. The van der Waals surface area contributed by atoms with E-state index in [1.807, 2.05) is 19.1 Å². The first kappa shape index (κ1) is 17.6. The monoisotopic (exact) mass is 346 g/mol. The van der Waals surface area contributed by atoms with Crippen molar-refractivity contribution >= 4 is 17.6 Å². The van der Waals surface area contributed by atoms with E-state index in [1.54, 1.807) is 6.07 Å². The molecule has 0 atom stereocenters. The first-order valence-electron chi connectivity index (χ1n) is 8.90. The van der Waals surface area contributed by atoms with Gasteiger partial charge in [0.05, 0.1) is 13.7 Å². The highest BCUT2D eigenvalue weighted by molar-refractivity contribution is 5.81. The van der Waals surface area contributed by atoms with E-state index in [2.05, 4.69) is 15.4 Å². The molecule has 0 heterocycles. The van der Waals surface area contributed by atoms with Gasteiger partial charge in [0.1, 0.15) is 5.75 Å². The van der Waals surface area contributed by atoms with Crippen molar-refractivity contribution in [2.75, 3.05) is 25.6 Å². The molecule has 2 aliphatic carbocycles. The number of methoxy groups -OCH3 is 1. The summed E-state index contributed by atoms with van der Waals surface area (Å²) in [5, 5.41) is 6.38. The molecule has 3 rings (SSSR count). The molecule has 6 heteroatoms. The molecule has 0 saturated heterocycles. The summed E-state index contributed by atoms with van der Waals surface area (Å²) in [6, 6.07) is 5.84. The highest BCUT2D eigenvalue weighted by Gasteiger charge is 2.42. The second kappa shape index (κ2) is 7.76. The summed E-state index contributed by atoms with van der Waals surface area (Å²) >= 11 is 0. The zero-order valence-electron chi connectivity index (χ0n) is 14.8. The van der Waals surface area contributed by atoms with Gasteiger partial charge in [0.2, 0.25) is 5.91 Å². The van der Waals surface area contributed by atoms with Gasteiger partial charge >= 0.3 is 5.97 Å². The maximum Gasteiger partial charge on any atom is 0.343 e. The van der Waals surface area contributed by atoms with Crippen molar-refractivity contribution in [1.29, 1.82) is 0 Å². The highest BCUT2D eigenvalue weighted by Crippen LogP contribution is 2.44. The Labute approximate surface area is 148 Å². The molecule has 0 bridgehead atoms. The van der Waals surface area contributed by atoms with Crippen molar-refractivity contribution in [1.82, 2.24) is 5.32 Å². The number of benzene rings is 1. The third kappa shape index (κ3) is 5.11. The molecule has 2 aliphatic rings. The second-order valence-electron chi connectivity index (χ2n) is 6.96. The van der Waals surface area contributed by atoms with Crippen LogP contribution in [0.1, 0.15) is 31.2 Å². The van der Waals surface area contributed by atoms with Gasteiger partial charge < -0.3 is 20.1 Å². The van der Waals surface area contributed by atoms with Crippen LogP contribution in [0.25, 0.3) is 0 Å². The van der Waals surface area contributed by atoms with Crippen molar-refractivity contribution in [2.24, 2.45) is 11.8 Å². The fourth-order valence-corrected chi connectivity index (χ4v) is 3.07. The molecule has 0 unspecified atom stereocenters. The van der Waals surface area contributed by atoms with Crippen molar-refractivity contribution in [3.05, 3.63) is 23.8 Å². The Morgan fingerprint density at radius 3 is 2.44 bits per heavy atom. The lowest BCUT2D eigenvalue weighted by atomic mass is 10.1. The average molecular weight is 346 g/mol. The molecule has 1 aromatic rings. The number of esters is 1. The molecule has 136 valence electrons. The van der Waals surface area contributed by atoms with E-state index in [4.69, 9.17) is 4.74 Å². The quantitative estimate of drug-likeness (QED) is 0.671. The van der Waals surface area contributed by atoms with Crippen molar-refractivity contribution in [3.63, 3.8) is 0 Å². The van der Waals surface area contributed by atoms with Crippen LogP contribution in [0.15, 0.2) is 18.2 Å². The number of amides is 1. The average Bonchev–Trinajstić information content (AvgIpc) is 3.48. The zero-order chi connectivity index (χ0) is 17.8. The van der Waals surface area contributed by atoms with Crippen LogP contribution in [0.5, 0.6) is 5.75 Å². The molecule has 2 N–H and O–H groups in total. The van der Waals surface area contributed by atoms with Gasteiger partial charge in [-0.05, 0) is 68.2 Å². The Morgan fingerprint density at radius 2 is 1.88 bits per heavy atom. The Kier molecular flexibility index (Phi) is 5.46. The summed E-state index contributed by atoms with van der Waals surface area (Å²) < 4.78 is 9.90. The molecule has 2 saturated carbocycles. The number of aryl methyl sites for hydroxylation is 1. The standard InChI is InChI=1S/C19H26N2O4/c1-12-9-15(25-11-18(23)24-2)7-8-16(12)20-10-17(22)21-19(13-3-4-13)14-5-6-14/h7-9,13-14,19-20H,3-6,10-11H2,1-2H3,(H,21,22). The van der Waals surface area contributed by atoms with E-state index in [-0.39, 0.29) is 19.1 Å². The van der Waals surface area contributed by atoms with Gasteiger partial charge in [0, 0.05) is 11.7 Å². The molecule has 2 fully saturated rings. The Balaban J connectivity index is 1.47. The normalized spacial score (nSPS) is 16.4. The van der Waals surface area contributed by atoms with E-state index in [9.17, 15) is 9.59 Å². The van der Waals surface area contributed by atoms with Gasteiger partial charge in [-0.15, -0.1) is 0 Å². The smallest absolute Gasteiger partial charge is 0.343 e. The van der Waals surface area contributed by atoms with Crippen LogP contribution in [0.3, 0.4) is 0 Å². The zero-order valence-corrected chi connectivity index (χ0v) is 14.8. The van der Waals surface area contributed by atoms with Crippen LogP contribution in [0, 0.1) is 18.8 Å². The molecule has 6 nitrogen and oxygen atoms in total. The van der Waals surface area contributed by atoms with Crippen molar-refractivity contribution in [3.8, 4) is 5.75 Å². The van der Waals surface area contributed by atoms with Gasteiger partial charge in [0.15, 0.2) is 6.61 Å². The van der Waals surface area contributed by atoms with E-state index in [0.717, 1.165) is 11.3 Å². The predicted molar refractivity (Wildman–Crippen MR) is 94.6 cm³/mol. The van der Waals surface area contributed by atoms with E-state index >= 15 is 0 Å². The maximum atomic E-state index is 12.2. The number of rotatable bonds is 9. The van der Waals surface area contributed by atoms with Crippen LogP contribution in [-0.4, -0.2) is 38.2 Å². The topological polar surface area (TPSA) is 76.7 Å². The number of ether oxygens (including phenoxy) is 2. The maximum absolute atomic E-state index is 12.2. The minimum Gasteiger partial charge on any atom is -0.482 e. The first-order chi connectivity index (χ1) is 12.1. The first-order valence-corrected chi connectivity index (χ1v) is 8.90. The minimum atomic E-state index is -0.419. The number of nitrogens with one attached hydrogen (secondary N) is 2. The second-order valence-corrected chi connectivity index (χ2v) is 6.96. The van der Waals surface area contributed by atoms with E-state index in [0.29, 0.717) is 23.6 Å². The van der Waals surface area contributed by atoms with Crippen LogP contribution < -0.4 is 15.4 Å². The number of carbonyl (C=O) groups is 2. The van der Waals surface area contributed by atoms with E-state index < -0.39 is 5.97 Å². The van der Waals surface area contributed by atoms with Crippen LogP contribution in [0.2, 0.25) is 0 Å². The molecule has 0 aromatic heterocycles. The van der Waals surface area contributed by atoms with Crippen LogP contribution >= 0.6 is 0 Å². The number of carbonyl (C=O) groups excluding carboxylic acids is 2. The Bertz CT molecular complexity index is 626. The highest BCUT2D eigenvalue weighted by atomic mass is 16.6. The Morgan fingerprint density at radius 1 is 1.20 bits per heavy atom. The number of hydrogen-bond donors (Lipinski definition) is 2. The number of hydrogen-bond acceptors (Lipinski definition) is 5. The summed E-state index contributed by atoms with van der Waals surface area (Å²) in [5.74, 6) is 1.63. The van der Waals surface area contributed by atoms with Crippen molar-refractivity contribution in [2.45, 2.75) is 38.6 Å². The lowest BCUT2D eigenvalue weighted by molar-refractivity contribution is -0.142. The molecule has 1 amide bonds. The Hall–Kier alpha value is -2.24. The van der Waals surface area contributed by atoms with E-state index in [1.165, 1.54) is 32.8 Å². The van der Waals surface area contributed by atoms with Crippen LogP contribution in [-0.2, 0) is 14.3 Å². The van der Waals surface area contributed by atoms with Crippen LogP contribution in [0.4, 0.5) is 5.69 Å². The molecular formula is C19H26N2O4. The van der Waals surface area contributed by atoms with Gasteiger partial charge in [0.25, 0.3) is 0 Å². The third-order valence-corrected chi connectivity index (χ3v) is 4.81. The molecule has 0 spiro atoms. The lowest BCUT2D eigenvalue weighted by Crippen LogP contribution is -2.41. The fourth-order valence-electron chi connectivity index (χ4n) is 3.07. The largest absolute Gasteiger partial charge is 0.482 e.